The standard InChI is InChI=1S/C17H19NO2/c1-2-8-14(13-9-4-3-5-10-13)17(20)18-15-11-6-7-12-16(15)19/h3-7,9-12,14,19H,2,8H2,1H3,(H,18,20)/t14-/m0/s1. The summed E-state index contributed by atoms with van der Waals surface area (Å²) in [6.45, 7) is 2.06. The molecule has 104 valence electrons. The van der Waals surface area contributed by atoms with Gasteiger partial charge in [-0.1, -0.05) is 55.8 Å². The topological polar surface area (TPSA) is 49.3 Å². The summed E-state index contributed by atoms with van der Waals surface area (Å²) in [5.41, 5.74) is 1.46. The van der Waals surface area contributed by atoms with Crippen LogP contribution in [-0.4, -0.2) is 11.0 Å². The summed E-state index contributed by atoms with van der Waals surface area (Å²) in [5.74, 6) is -0.190. The normalized spacial score (nSPS) is 11.8. The molecule has 0 radical (unpaired) electrons. The molecule has 0 aliphatic rings. The van der Waals surface area contributed by atoms with E-state index in [-0.39, 0.29) is 17.6 Å². The van der Waals surface area contributed by atoms with Crippen molar-refractivity contribution in [1.29, 1.82) is 0 Å². The van der Waals surface area contributed by atoms with E-state index in [9.17, 15) is 9.90 Å². The van der Waals surface area contributed by atoms with Crippen LogP contribution in [0.1, 0.15) is 31.2 Å². The maximum Gasteiger partial charge on any atom is 0.232 e. The third kappa shape index (κ3) is 3.38. The Balaban J connectivity index is 2.18. The zero-order valence-electron chi connectivity index (χ0n) is 11.5. The van der Waals surface area contributed by atoms with E-state index < -0.39 is 0 Å². The predicted molar refractivity (Wildman–Crippen MR) is 80.8 cm³/mol. The summed E-state index contributed by atoms with van der Waals surface area (Å²) < 4.78 is 0. The van der Waals surface area contributed by atoms with Crippen molar-refractivity contribution in [3.8, 4) is 5.75 Å². The molecular weight excluding hydrogens is 250 g/mol. The molecule has 0 unspecified atom stereocenters. The van der Waals surface area contributed by atoms with E-state index in [4.69, 9.17) is 0 Å². The predicted octanol–water partition coefficient (Wildman–Crippen LogP) is 3.91. The lowest BCUT2D eigenvalue weighted by Crippen LogP contribution is -2.21. The minimum absolute atomic E-state index is 0.0837. The molecule has 0 aromatic heterocycles. The lowest BCUT2D eigenvalue weighted by Gasteiger charge is -2.17. The van der Waals surface area contributed by atoms with Gasteiger partial charge in [-0.2, -0.15) is 0 Å². The van der Waals surface area contributed by atoms with E-state index in [0.717, 1.165) is 18.4 Å². The fourth-order valence-corrected chi connectivity index (χ4v) is 2.22. The highest BCUT2D eigenvalue weighted by Gasteiger charge is 2.20. The molecular formula is C17H19NO2. The van der Waals surface area contributed by atoms with Gasteiger partial charge in [-0.25, -0.2) is 0 Å². The largest absolute Gasteiger partial charge is 0.506 e. The number of hydrogen-bond donors (Lipinski definition) is 2. The van der Waals surface area contributed by atoms with Gasteiger partial charge < -0.3 is 10.4 Å². The molecule has 0 spiro atoms. The smallest absolute Gasteiger partial charge is 0.232 e. The summed E-state index contributed by atoms with van der Waals surface area (Å²) in [5, 5.41) is 12.5. The molecule has 0 heterocycles. The number of carbonyl (C=O) groups excluding carboxylic acids is 1. The molecule has 0 bridgehead atoms. The highest BCUT2D eigenvalue weighted by Crippen LogP contribution is 2.26. The van der Waals surface area contributed by atoms with Crippen LogP contribution in [0.4, 0.5) is 5.69 Å². The lowest BCUT2D eigenvalue weighted by atomic mass is 9.93. The summed E-state index contributed by atoms with van der Waals surface area (Å²) in [6.07, 6.45) is 1.71. The molecule has 0 fully saturated rings. The van der Waals surface area contributed by atoms with Crippen molar-refractivity contribution in [3.63, 3.8) is 0 Å². The van der Waals surface area contributed by atoms with E-state index in [1.165, 1.54) is 0 Å². The first-order chi connectivity index (χ1) is 9.72. The molecule has 0 saturated carbocycles. The second-order valence-corrected chi connectivity index (χ2v) is 4.76. The third-order valence-electron chi connectivity index (χ3n) is 3.26. The van der Waals surface area contributed by atoms with Crippen molar-refractivity contribution in [2.45, 2.75) is 25.7 Å². The van der Waals surface area contributed by atoms with Gasteiger partial charge in [0.15, 0.2) is 0 Å². The first kappa shape index (κ1) is 14.1. The van der Waals surface area contributed by atoms with Gasteiger partial charge in [-0.05, 0) is 24.1 Å². The zero-order chi connectivity index (χ0) is 14.4. The lowest BCUT2D eigenvalue weighted by molar-refractivity contribution is -0.117. The maximum atomic E-state index is 12.4. The quantitative estimate of drug-likeness (QED) is 0.808. The van der Waals surface area contributed by atoms with Crippen molar-refractivity contribution < 1.29 is 9.90 Å². The Bertz CT molecular complexity index is 566. The average Bonchev–Trinajstić information content (AvgIpc) is 2.48. The number of amides is 1. The Morgan fingerprint density at radius 1 is 1.10 bits per heavy atom. The van der Waals surface area contributed by atoms with E-state index in [2.05, 4.69) is 12.2 Å². The molecule has 0 aliphatic heterocycles. The second-order valence-electron chi connectivity index (χ2n) is 4.76. The van der Waals surface area contributed by atoms with Gasteiger partial charge in [0.05, 0.1) is 11.6 Å². The van der Waals surface area contributed by atoms with Crippen LogP contribution in [0, 0.1) is 0 Å². The number of phenolic OH excluding ortho intramolecular Hbond substituents is 1. The highest BCUT2D eigenvalue weighted by molar-refractivity contribution is 5.96. The molecule has 2 aromatic carbocycles. The van der Waals surface area contributed by atoms with Crippen LogP contribution >= 0.6 is 0 Å². The number of benzene rings is 2. The molecule has 2 rings (SSSR count). The number of phenols is 1. The molecule has 0 aliphatic carbocycles. The Kier molecular flexibility index (Phi) is 4.77. The fourth-order valence-electron chi connectivity index (χ4n) is 2.22. The minimum atomic E-state index is -0.194. The number of aromatic hydroxyl groups is 1. The van der Waals surface area contributed by atoms with E-state index in [0.29, 0.717) is 5.69 Å². The first-order valence-electron chi connectivity index (χ1n) is 6.86. The zero-order valence-corrected chi connectivity index (χ0v) is 11.5. The number of anilines is 1. The Hall–Kier alpha value is -2.29. The number of hydrogen-bond acceptors (Lipinski definition) is 2. The number of rotatable bonds is 5. The highest BCUT2D eigenvalue weighted by atomic mass is 16.3. The van der Waals surface area contributed by atoms with Gasteiger partial charge in [0.25, 0.3) is 0 Å². The van der Waals surface area contributed by atoms with Crippen LogP contribution in [0.25, 0.3) is 0 Å². The van der Waals surface area contributed by atoms with Gasteiger partial charge in [0.1, 0.15) is 5.75 Å². The van der Waals surface area contributed by atoms with Crippen LogP contribution < -0.4 is 5.32 Å². The van der Waals surface area contributed by atoms with Crippen LogP contribution in [0.2, 0.25) is 0 Å². The first-order valence-corrected chi connectivity index (χ1v) is 6.86. The number of nitrogens with one attached hydrogen (secondary N) is 1. The summed E-state index contributed by atoms with van der Waals surface area (Å²) in [7, 11) is 0. The minimum Gasteiger partial charge on any atom is -0.506 e. The van der Waals surface area contributed by atoms with Gasteiger partial charge in [0.2, 0.25) is 5.91 Å². The molecule has 2 N–H and O–H groups in total. The van der Waals surface area contributed by atoms with Gasteiger partial charge in [-0.3, -0.25) is 4.79 Å². The van der Waals surface area contributed by atoms with Crippen molar-refractivity contribution in [2.24, 2.45) is 0 Å². The van der Waals surface area contributed by atoms with Crippen LogP contribution in [0.15, 0.2) is 54.6 Å². The van der Waals surface area contributed by atoms with E-state index in [1.807, 2.05) is 30.3 Å². The Morgan fingerprint density at radius 3 is 2.40 bits per heavy atom. The number of para-hydroxylation sites is 2. The summed E-state index contributed by atoms with van der Waals surface area (Å²) in [6, 6.07) is 16.5. The number of carbonyl (C=O) groups is 1. The van der Waals surface area contributed by atoms with Crippen molar-refractivity contribution >= 4 is 11.6 Å². The van der Waals surface area contributed by atoms with Gasteiger partial charge in [-0.15, -0.1) is 0 Å². The molecule has 3 heteroatoms. The Morgan fingerprint density at radius 2 is 1.75 bits per heavy atom. The van der Waals surface area contributed by atoms with Gasteiger partial charge >= 0.3 is 0 Å². The van der Waals surface area contributed by atoms with Crippen molar-refractivity contribution in [3.05, 3.63) is 60.2 Å². The second kappa shape index (κ2) is 6.75. The molecule has 1 amide bonds. The van der Waals surface area contributed by atoms with Crippen molar-refractivity contribution in [2.75, 3.05) is 5.32 Å². The Labute approximate surface area is 119 Å². The summed E-state index contributed by atoms with van der Waals surface area (Å²) in [4.78, 5) is 12.4. The average molecular weight is 269 g/mol. The molecule has 1 atom stereocenters. The molecule has 20 heavy (non-hydrogen) atoms. The molecule has 2 aromatic rings. The SMILES string of the molecule is CCC[C@H](C(=O)Nc1ccccc1O)c1ccccc1. The maximum absolute atomic E-state index is 12.4. The molecule has 3 nitrogen and oxygen atoms in total. The monoisotopic (exact) mass is 269 g/mol. The van der Waals surface area contributed by atoms with Crippen molar-refractivity contribution in [1.82, 2.24) is 0 Å². The third-order valence-corrected chi connectivity index (χ3v) is 3.26. The van der Waals surface area contributed by atoms with Gasteiger partial charge in [0, 0.05) is 0 Å². The fraction of sp³-hybridized carbons (Fsp3) is 0.235. The van der Waals surface area contributed by atoms with E-state index >= 15 is 0 Å². The van der Waals surface area contributed by atoms with Crippen LogP contribution in [0.3, 0.4) is 0 Å². The molecule has 0 saturated heterocycles. The van der Waals surface area contributed by atoms with E-state index in [1.54, 1.807) is 24.3 Å². The van der Waals surface area contributed by atoms with Crippen LogP contribution in [-0.2, 0) is 4.79 Å². The summed E-state index contributed by atoms with van der Waals surface area (Å²) >= 11 is 0. The van der Waals surface area contributed by atoms with Crippen LogP contribution in [0.5, 0.6) is 5.75 Å².